The monoisotopic (exact) mass is 390 g/mol. The zero-order valence-corrected chi connectivity index (χ0v) is 17.1. The van der Waals surface area contributed by atoms with Gasteiger partial charge in [-0.25, -0.2) is 0 Å². The molecule has 0 radical (unpaired) electrons. The van der Waals surface area contributed by atoms with Crippen molar-refractivity contribution >= 4 is 17.7 Å². The lowest BCUT2D eigenvalue weighted by Crippen LogP contribution is -3.23. The first-order valence-electron chi connectivity index (χ1n) is 11.2. The number of piperidine rings is 1. The molecule has 0 bridgehead atoms. The molecule has 6 heteroatoms. The first-order chi connectivity index (χ1) is 13.4. The quantitative estimate of drug-likeness (QED) is 0.710. The summed E-state index contributed by atoms with van der Waals surface area (Å²) >= 11 is 0. The molecule has 5 fully saturated rings. The molecular weight excluding hydrogens is 358 g/mol. The summed E-state index contributed by atoms with van der Waals surface area (Å²) in [4.78, 5) is 39.9. The fourth-order valence-electron chi connectivity index (χ4n) is 7.70. The third-order valence-corrected chi connectivity index (χ3v) is 8.86. The van der Waals surface area contributed by atoms with Crippen molar-refractivity contribution in [2.45, 2.75) is 83.6 Å². The summed E-state index contributed by atoms with van der Waals surface area (Å²) in [6.07, 6.45) is 5.00. The Morgan fingerprint density at radius 3 is 2.57 bits per heavy atom. The largest absolute Gasteiger partial charge is 0.460 e. The third kappa shape index (κ3) is 2.16. The molecular formula is C22H32NO5+. The first kappa shape index (κ1) is 18.6. The van der Waals surface area contributed by atoms with E-state index >= 15 is 0 Å². The summed E-state index contributed by atoms with van der Waals surface area (Å²) in [6, 6.07) is 0.143. The lowest BCUT2D eigenvalue weighted by molar-refractivity contribution is -0.963. The van der Waals surface area contributed by atoms with Crippen LogP contribution in [0.5, 0.6) is 0 Å². The molecule has 4 aliphatic heterocycles. The Kier molecular flexibility index (Phi) is 4.17. The molecule has 28 heavy (non-hydrogen) atoms. The van der Waals surface area contributed by atoms with Gasteiger partial charge in [0.05, 0.1) is 24.8 Å². The molecule has 1 N–H and O–H groups in total. The molecule has 0 amide bonds. The van der Waals surface area contributed by atoms with Crippen molar-refractivity contribution in [1.82, 2.24) is 0 Å². The lowest BCUT2D eigenvalue weighted by atomic mass is 9.63. The van der Waals surface area contributed by atoms with Gasteiger partial charge >= 0.3 is 11.9 Å². The fourth-order valence-corrected chi connectivity index (χ4v) is 7.70. The van der Waals surface area contributed by atoms with Crippen LogP contribution in [0.15, 0.2) is 0 Å². The maximum absolute atomic E-state index is 13.8. The molecule has 154 valence electrons. The van der Waals surface area contributed by atoms with Crippen LogP contribution in [0.4, 0.5) is 0 Å². The molecule has 1 saturated carbocycles. The topological polar surface area (TPSA) is 74.1 Å². The highest BCUT2D eigenvalue weighted by Crippen LogP contribution is 2.59. The number of ether oxygens (including phenoxy) is 2. The third-order valence-electron chi connectivity index (χ3n) is 8.86. The van der Waals surface area contributed by atoms with E-state index in [1.54, 1.807) is 0 Å². The van der Waals surface area contributed by atoms with E-state index in [4.69, 9.17) is 9.47 Å². The average molecular weight is 391 g/mol. The van der Waals surface area contributed by atoms with E-state index in [-0.39, 0.29) is 59.8 Å². The Bertz CT molecular complexity index is 722. The van der Waals surface area contributed by atoms with Crippen LogP contribution < -0.4 is 4.90 Å². The van der Waals surface area contributed by atoms with Crippen molar-refractivity contribution in [2.75, 3.05) is 6.54 Å². The Hall–Kier alpha value is -1.43. The number of quaternary nitrogens is 1. The molecule has 4 heterocycles. The average Bonchev–Trinajstić information content (AvgIpc) is 3.15. The summed E-state index contributed by atoms with van der Waals surface area (Å²) in [5.74, 6) is 0.0729. The number of esters is 2. The smallest absolute Gasteiger partial charge is 0.310 e. The van der Waals surface area contributed by atoms with Gasteiger partial charge in [-0.1, -0.05) is 20.8 Å². The molecule has 10 atom stereocenters. The molecule has 0 aromatic rings. The number of ketones is 1. The van der Waals surface area contributed by atoms with E-state index in [2.05, 4.69) is 6.92 Å². The van der Waals surface area contributed by atoms with Gasteiger partial charge in [0, 0.05) is 18.3 Å². The van der Waals surface area contributed by atoms with Crippen LogP contribution in [-0.4, -0.2) is 48.6 Å². The second-order valence-electron chi connectivity index (χ2n) is 9.89. The maximum atomic E-state index is 13.8. The summed E-state index contributed by atoms with van der Waals surface area (Å²) in [6.45, 7) is 6.99. The van der Waals surface area contributed by atoms with Gasteiger partial charge in [-0.2, -0.15) is 0 Å². The van der Waals surface area contributed by atoms with Crippen LogP contribution in [0.1, 0.15) is 59.3 Å². The minimum absolute atomic E-state index is 0.0248. The van der Waals surface area contributed by atoms with E-state index in [1.165, 1.54) is 4.90 Å². The van der Waals surface area contributed by atoms with Gasteiger partial charge in [-0.05, 0) is 25.7 Å². The Balaban J connectivity index is 1.60. The summed E-state index contributed by atoms with van der Waals surface area (Å²) in [5.41, 5.74) is -0.674. The lowest BCUT2D eigenvalue weighted by Gasteiger charge is -2.48. The SMILES string of the molecule is CCC1C2CCCC[NH+]3C(C4CC(C)C(=O)O4)CC(=O)C4(C(C)C(=O)OC14)C23. The highest BCUT2D eigenvalue weighted by molar-refractivity contribution is 5.95. The van der Waals surface area contributed by atoms with Crippen molar-refractivity contribution in [3.8, 4) is 0 Å². The molecule has 5 rings (SSSR count). The number of carbonyl (C=O) groups is 3. The van der Waals surface area contributed by atoms with Crippen LogP contribution in [0.3, 0.4) is 0 Å². The van der Waals surface area contributed by atoms with Crippen molar-refractivity contribution in [3.05, 3.63) is 0 Å². The van der Waals surface area contributed by atoms with Crippen molar-refractivity contribution in [1.29, 1.82) is 0 Å². The van der Waals surface area contributed by atoms with Crippen LogP contribution in [0.2, 0.25) is 0 Å². The highest BCUT2D eigenvalue weighted by Gasteiger charge is 2.78. The number of rotatable bonds is 2. The van der Waals surface area contributed by atoms with E-state index in [0.717, 1.165) is 32.2 Å². The molecule has 0 aromatic heterocycles. The predicted molar refractivity (Wildman–Crippen MR) is 99.3 cm³/mol. The fraction of sp³-hybridized carbons (Fsp3) is 0.864. The molecule has 10 unspecified atom stereocenters. The first-order valence-corrected chi connectivity index (χ1v) is 11.2. The summed E-state index contributed by atoms with van der Waals surface area (Å²) in [7, 11) is 0. The van der Waals surface area contributed by atoms with Gasteiger partial charge in [-0.3, -0.25) is 14.4 Å². The van der Waals surface area contributed by atoms with Crippen molar-refractivity contribution < 1.29 is 28.8 Å². The predicted octanol–water partition coefficient (Wildman–Crippen LogP) is 0.921. The van der Waals surface area contributed by atoms with Gasteiger partial charge < -0.3 is 14.4 Å². The number of carbonyl (C=O) groups excluding carboxylic acids is 3. The van der Waals surface area contributed by atoms with Gasteiger partial charge in [0.25, 0.3) is 0 Å². The number of hydrogen-bond donors (Lipinski definition) is 1. The number of cyclic esters (lactones) is 1. The Morgan fingerprint density at radius 1 is 1.11 bits per heavy atom. The van der Waals surface area contributed by atoms with Gasteiger partial charge in [0.15, 0.2) is 11.9 Å². The summed E-state index contributed by atoms with van der Waals surface area (Å²) < 4.78 is 11.7. The second-order valence-corrected chi connectivity index (χ2v) is 9.89. The second kappa shape index (κ2) is 6.28. The Morgan fingerprint density at radius 2 is 1.89 bits per heavy atom. The molecule has 1 spiro atoms. The van der Waals surface area contributed by atoms with Crippen LogP contribution in [0, 0.1) is 29.1 Å². The molecule has 0 aromatic carbocycles. The zero-order valence-electron chi connectivity index (χ0n) is 17.1. The van der Waals surface area contributed by atoms with E-state index < -0.39 is 5.41 Å². The van der Waals surface area contributed by atoms with Gasteiger partial charge in [-0.15, -0.1) is 0 Å². The maximum Gasteiger partial charge on any atom is 0.310 e. The number of nitrogens with one attached hydrogen (secondary N) is 1. The van der Waals surface area contributed by atoms with E-state index in [0.29, 0.717) is 18.8 Å². The van der Waals surface area contributed by atoms with Crippen LogP contribution in [0.25, 0.3) is 0 Å². The van der Waals surface area contributed by atoms with E-state index in [1.807, 2.05) is 13.8 Å². The number of Topliss-reactive ketones (excluding diaryl/α,β-unsaturated/α-hetero) is 1. The van der Waals surface area contributed by atoms with Crippen molar-refractivity contribution in [2.24, 2.45) is 29.1 Å². The normalized spacial score (nSPS) is 52.7. The molecule has 5 aliphatic rings. The Labute approximate surface area is 166 Å². The molecule has 6 nitrogen and oxygen atoms in total. The van der Waals surface area contributed by atoms with E-state index in [9.17, 15) is 14.4 Å². The van der Waals surface area contributed by atoms with Gasteiger partial charge in [0.2, 0.25) is 0 Å². The van der Waals surface area contributed by atoms with Gasteiger partial charge in [0.1, 0.15) is 23.6 Å². The summed E-state index contributed by atoms with van der Waals surface area (Å²) in [5, 5.41) is 0. The molecule has 1 aliphatic carbocycles. The highest BCUT2D eigenvalue weighted by atomic mass is 16.6. The molecule has 4 saturated heterocycles. The standard InChI is InChI=1S/C22H31NO5/c1-4-13-14-7-5-6-8-23-15(16-9-11(2)20(25)27-16)10-17(24)22(18(14)23)12(3)21(26)28-19(13)22/h11-16,18-19H,4-10H2,1-3H3/p+1. The minimum atomic E-state index is -0.674. The van der Waals surface area contributed by atoms with Crippen molar-refractivity contribution in [3.63, 3.8) is 0 Å². The van der Waals surface area contributed by atoms with Crippen LogP contribution >= 0.6 is 0 Å². The van der Waals surface area contributed by atoms with Crippen LogP contribution in [-0.2, 0) is 23.9 Å². The minimum Gasteiger partial charge on any atom is -0.460 e. The zero-order chi connectivity index (χ0) is 19.8. The number of hydrogen-bond acceptors (Lipinski definition) is 5.